The number of nitrogens with zero attached hydrogens (tertiary/aromatic N) is 5. The molecule has 1 aromatic heterocycles. The Morgan fingerprint density at radius 3 is 2.53 bits per heavy atom. The van der Waals surface area contributed by atoms with Gasteiger partial charge in [0, 0.05) is 39.3 Å². The second-order valence-electron chi connectivity index (χ2n) is 8.25. The molecule has 0 saturated carbocycles. The second kappa shape index (κ2) is 8.86. The van der Waals surface area contributed by atoms with E-state index in [1.54, 1.807) is 18.2 Å². The highest BCUT2D eigenvalue weighted by Gasteiger charge is 2.42. The number of rotatable bonds is 5. The summed E-state index contributed by atoms with van der Waals surface area (Å²) in [5, 5.41) is 0. The van der Waals surface area contributed by atoms with E-state index >= 15 is 0 Å². The molecule has 2 fully saturated rings. The Hall–Kier alpha value is -2.40. The van der Waals surface area contributed by atoms with Gasteiger partial charge in [0.25, 0.3) is 0 Å². The Morgan fingerprint density at radius 2 is 1.75 bits per heavy atom. The Kier molecular flexibility index (Phi) is 5.93. The SMILES string of the molecule is O=C(C1CCCN1S(=O)(=O)c1cccc2nsnc12)N1CCN(Cc2ccccc2)CC1. The molecular weight excluding hydrogens is 446 g/mol. The molecule has 3 aromatic rings. The van der Waals surface area contributed by atoms with Gasteiger partial charge in [0.1, 0.15) is 22.0 Å². The van der Waals surface area contributed by atoms with Gasteiger partial charge >= 0.3 is 0 Å². The number of sulfonamides is 1. The van der Waals surface area contributed by atoms with Crippen molar-refractivity contribution in [2.24, 2.45) is 0 Å². The summed E-state index contributed by atoms with van der Waals surface area (Å²) in [6.07, 6.45) is 1.22. The molecule has 0 N–H and O–H groups in total. The standard InChI is InChI=1S/C22H25N5O3S2/c28-22(26-14-12-25(13-15-26)16-17-6-2-1-3-7-17)19-9-5-11-27(19)32(29,30)20-10-4-8-18-21(20)24-31-23-18/h1-4,6-8,10,19H,5,9,11-16H2. The van der Waals surface area contributed by atoms with Crippen molar-refractivity contribution in [2.45, 2.75) is 30.3 Å². The lowest BCUT2D eigenvalue weighted by molar-refractivity contribution is -0.136. The molecule has 10 heteroatoms. The normalized spacial score (nSPS) is 20.8. The highest BCUT2D eigenvalue weighted by molar-refractivity contribution is 7.89. The van der Waals surface area contributed by atoms with E-state index in [-0.39, 0.29) is 10.8 Å². The topological polar surface area (TPSA) is 86.7 Å². The molecule has 168 valence electrons. The van der Waals surface area contributed by atoms with Gasteiger partial charge in [0.15, 0.2) is 0 Å². The first kappa shape index (κ1) is 21.4. The molecule has 0 radical (unpaired) electrons. The number of piperazine rings is 1. The maximum Gasteiger partial charge on any atom is 0.246 e. The molecule has 2 aromatic carbocycles. The second-order valence-corrected chi connectivity index (χ2v) is 10.6. The van der Waals surface area contributed by atoms with Crippen LogP contribution in [0.1, 0.15) is 18.4 Å². The van der Waals surface area contributed by atoms with E-state index in [4.69, 9.17) is 0 Å². The minimum Gasteiger partial charge on any atom is -0.339 e. The zero-order chi connectivity index (χ0) is 22.1. The molecule has 1 atom stereocenters. The van der Waals surface area contributed by atoms with Gasteiger partial charge in [-0.1, -0.05) is 36.4 Å². The Balaban J connectivity index is 1.28. The number of carbonyl (C=O) groups is 1. The first-order valence-electron chi connectivity index (χ1n) is 10.8. The molecule has 2 saturated heterocycles. The van der Waals surface area contributed by atoms with E-state index in [1.807, 2.05) is 23.1 Å². The first-order chi connectivity index (χ1) is 15.5. The van der Waals surface area contributed by atoms with Crippen molar-refractivity contribution < 1.29 is 13.2 Å². The van der Waals surface area contributed by atoms with Crippen LogP contribution >= 0.6 is 11.7 Å². The summed E-state index contributed by atoms with van der Waals surface area (Å²) in [5.41, 5.74) is 2.20. The fourth-order valence-corrected chi connectivity index (χ4v) is 6.97. The number of fused-ring (bicyclic) bond motifs is 1. The third-order valence-corrected chi connectivity index (χ3v) is 8.74. The largest absolute Gasteiger partial charge is 0.339 e. The Labute approximate surface area is 191 Å². The third kappa shape index (κ3) is 4.03. The fourth-order valence-electron chi connectivity index (χ4n) is 4.57. The van der Waals surface area contributed by atoms with Crippen molar-refractivity contribution >= 4 is 38.7 Å². The molecule has 32 heavy (non-hydrogen) atoms. The van der Waals surface area contributed by atoms with Gasteiger partial charge in [-0.15, -0.1) is 0 Å². The number of hydrogen-bond acceptors (Lipinski definition) is 7. The van der Waals surface area contributed by atoms with Gasteiger partial charge in [0.05, 0.1) is 11.7 Å². The van der Waals surface area contributed by atoms with Crippen LogP contribution < -0.4 is 0 Å². The predicted molar refractivity (Wildman–Crippen MR) is 123 cm³/mol. The number of amides is 1. The Morgan fingerprint density at radius 1 is 0.969 bits per heavy atom. The summed E-state index contributed by atoms with van der Waals surface area (Å²) in [7, 11) is -3.84. The summed E-state index contributed by atoms with van der Waals surface area (Å²) in [6, 6.07) is 14.6. The summed E-state index contributed by atoms with van der Waals surface area (Å²) in [4.78, 5) is 17.6. The number of hydrogen-bond donors (Lipinski definition) is 0. The van der Waals surface area contributed by atoms with Crippen molar-refractivity contribution in [1.29, 1.82) is 0 Å². The highest BCUT2D eigenvalue weighted by Crippen LogP contribution is 2.31. The van der Waals surface area contributed by atoms with Crippen molar-refractivity contribution in [3.8, 4) is 0 Å². The number of carbonyl (C=O) groups excluding carboxylic acids is 1. The molecule has 8 nitrogen and oxygen atoms in total. The smallest absolute Gasteiger partial charge is 0.246 e. The number of benzene rings is 2. The molecule has 0 spiro atoms. The molecule has 2 aliphatic rings. The molecular formula is C22H25N5O3S2. The van der Waals surface area contributed by atoms with Crippen LogP contribution in [0.4, 0.5) is 0 Å². The predicted octanol–water partition coefficient (Wildman–Crippen LogP) is 2.19. The van der Waals surface area contributed by atoms with Crippen LogP contribution in [0.3, 0.4) is 0 Å². The summed E-state index contributed by atoms with van der Waals surface area (Å²) >= 11 is 0.993. The van der Waals surface area contributed by atoms with E-state index in [9.17, 15) is 13.2 Å². The average molecular weight is 472 g/mol. The monoisotopic (exact) mass is 471 g/mol. The minimum atomic E-state index is -3.84. The minimum absolute atomic E-state index is 0.0889. The van der Waals surface area contributed by atoms with Crippen molar-refractivity contribution in [2.75, 3.05) is 32.7 Å². The van der Waals surface area contributed by atoms with Crippen molar-refractivity contribution in [1.82, 2.24) is 22.9 Å². The van der Waals surface area contributed by atoms with E-state index in [1.165, 1.54) is 9.87 Å². The molecule has 3 heterocycles. The Bertz CT molecular complexity index is 1210. The van der Waals surface area contributed by atoms with E-state index in [2.05, 4.69) is 25.8 Å². The van der Waals surface area contributed by atoms with E-state index < -0.39 is 16.1 Å². The van der Waals surface area contributed by atoms with Crippen LogP contribution in [0.2, 0.25) is 0 Å². The van der Waals surface area contributed by atoms with Gasteiger partial charge in [-0.3, -0.25) is 9.69 Å². The van der Waals surface area contributed by atoms with Crippen LogP contribution in [-0.2, 0) is 21.4 Å². The lowest BCUT2D eigenvalue weighted by Crippen LogP contribution is -2.54. The number of aromatic nitrogens is 2. The van der Waals surface area contributed by atoms with Crippen LogP contribution in [0.25, 0.3) is 11.0 Å². The highest BCUT2D eigenvalue weighted by atomic mass is 32.2. The van der Waals surface area contributed by atoms with Gasteiger partial charge < -0.3 is 4.90 Å². The average Bonchev–Trinajstić information content (AvgIpc) is 3.50. The van der Waals surface area contributed by atoms with Gasteiger partial charge in [-0.05, 0) is 30.5 Å². The third-order valence-electron chi connectivity index (χ3n) is 6.26. The first-order valence-corrected chi connectivity index (χ1v) is 13.0. The van der Waals surface area contributed by atoms with Crippen molar-refractivity contribution in [3.05, 3.63) is 54.1 Å². The summed E-state index contributed by atoms with van der Waals surface area (Å²) in [6.45, 7) is 4.00. The van der Waals surface area contributed by atoms with Crippen LogP contribution in [0.15, 0.2) is 53.4 Å². The zero-order valence-electron chi connectivity index (χ0n) is 17.6. The van der Waals surface area contributed by atoms with Gasteiger partial charge in [-0.2, -0.15) is 13.1 Å². The lowest BCUT2D eigenvalue weighted by Gasteiger charge is -2.37. The van der Waals surface area contributed by atoms with Gasteiger partial charge in [-0.25, -0.2) is 8.42 Å². The molecule has 1 unspecified atom stereocenters. The van der Waals surface area contributed by atoms with Crippen LogP contribution in [0.5, 0.6) is 0 Å². The quantitative estimate of drug-likeness (QED) is 0.567. The maximum atomic E-state index is 13.5. The molecule has 0 aliphatic carbocycles. The summed E-state index contributed by atoms with van der Waals surface area (Å²) < 4.78 is 36.7. The van der Waals surface area contributed by atoms with E-state index in [0.717, 1.165) is 31.4 Å². The van der Waals surface area contributed by atoms with Gasteiger partial charge in [0.2, 0.25) is 15.9 Å². The van der Waals surface area contributed by atoms with Crippen molar-refractivity contribution in [3.63, 3.8) is 0 Å². The molecule has 5 rings (SSSR count). The zero-order valence-corrected chi connectivity index (χ0v) is 19.3. The molecule has 2 aliphatic heterocycles. The maximum absolute atomic E-state index is 13.5. The molecule has 0 bridgehead atoms. The van der Waals surface area contributed by atoms with Crippen LogP contribution in [-0.4, -0.2) is 75.9 Å². The van der Waals surface area contributed by atoms with E-state index in [0.29, 0.717) is 43.5 Å². The molecule has 1 amide bonds. The fraction of sp³-hybridized carbons (Fsp3) is 0.409. The summed E-state index contributed by atoms with van der Waals surface area (Å²) in [5.74, 6) is -0.0889. The lowest BCUT2D eigenvalue weighted by atomic mass is 10.1. The van der Waals surface area contributed by atoms with Crippen LogP contribution in [0, 0.1) is 0 Å².